The average Bonchev–Trinajstić information content (AvgIpc) is 3.70. The van der Waals surface area contributed by atoms with Crippen molar-refractivity contribution >= 4 is 62.6 Å². The maximum absolute atomic E-state index is 14.6. The van der Waals surface area contributed by atoms with Crippen LogP contribution in [0.3, 0.4) is 0 Å². The molecule has 1 aliphatic heterocycles. The highest BCUT2D eigenvalue weighted by Gasteiger charge is 2.37. The number of fused-ring (bicyclic) bond motifs is 2. The van der Waals surface area contributed by atoms with E-state index in [4.69, 9.17) is 0 Å². The Morgan fingerprint density at radius 1 is 1.13 bits per heavy atom. The highest BCUT2D eigenvalue weighted by molar-refractivity contribution is 14.2. The van der Waals surface area contributed by atoms with Crippen LogP contribution in [0, 0.1) is 5.82 Å². The molecule has 3 aromatic heterocycles. The van der Waals surface area contributed by atoms with E-state index in [0.29, 0.717) is 35.6 Å². The Labute approximate surface area is 274 Å². The molecule has 2 aromatic carbocycles. The number of nitrogens with one attached hydrogen (secondary N) is 3. The predicted octanol–water partition coefficient (Wildman–Crippen LogP) is 6.99. The number of likely N-dealkylation sites (tertiary alicyclic amines) is 1. The van der Waals surface area contributed by atoms with Crippen molar-refractivity contribution in [1.82, 2.24) is 29.8 Å². The largest absolute Gasteiger partial charge is 0.353 e. The second-order valence-electron chi connectivity index (χ2n) is 11.6. The van der Waals surface area contributed by atoms with Gasteiger partial charge in [0.05, 0.1) is 29.7 Å². The number of sulfonamides is 1. The average molecular weight is 761 g/mol. The molecule has 8 nitrogen and oxygen atoms in total. The van der Waals surface area contributed by atoms with Gasteiger partial charge in [-0.05, 0) is 70.2 Å². The molecular weight excluding hydrogens is 728 g/mol. The molecular formula is C33H32F3IN6O2S. The highest BCUT2D eigenvalue weighted by Crippen LogP contribution is 2.35. The molecule has 4 heterocycles. The zero-order valence-electron chi connectivity index (χ0n) is 25.2. The van der Waals surface area contributed by atoms with Crippen LogP contribution in [0.1, 0.15) is 24.5 Å². The molecule has 6 rings (SSSR count). The van der Waals surface area contributed by atoms with E-state index in [1.165, 1.54) is 12.1 Å². The second-order valence-corrected chi connectivity index (χ2v) is 14.9. The minimum absolute atomic E-state index is 0.0467. The summed E-state index contributed by atoms with van der Waals surface area (Å²) < 4.78 is 73.9. The topological polar surface area (TPSA) is 107 Å². The Bertz CT molecular complexity index is 2140. The van der Waals surface area contributed by atoms with E-state index in [0.717, 1.165) is 50.5 Å². The van der Waals surface area contributed by atoms with E-state index in [9.17, 15) is 21.6 Å². The molecule has 0 bridgehead atoms. The van der Waals surface area contributed by atoms with Crippen LogP contribution >= 0.6 is 20.7 Å². The molecule has 1 saturated heterocycles. The van der Waals surface area contributed by atoms with Gasteiger partial charge in [0.25, 0.3) is 5.92 Å². The molecule has 0 saturated carbocycles. The van der Waals surface area contributed by atoms with Gasteiger partial charge in [0.2, 0.25) is 10.0 Å². The van der Waals surface area contributed by atoms with E-state index < -0.39 is 42.5 Å². The van der Waals surface area contributed by atoms with Crippen molar-refractivity contribution in [2.75, 3.05) is 25.9 Å². The summed E-state index contributed by atoms with van der Waals surface area (Å²) in [7, 11) is -3.45. The first-order chi connectivity index (χ1) is 21.9. The van der Waals surface area contributed by atoms with Gasteiger partial charge in [-0.2, -0.15) is 5.10 Å². The minimum atomic E-state index is -3.45. The fourth-order valence-corrected chi connectivity index (χ4v) is 7.22. The number of rotatable bonds is 10. The summed E-state index contributed by atoms with van der Waals surface area (Å²) in [4.78, 5) is 9.75. The molecule has 0 radical (unpaired) electrons. The van der Waals surface area contributed by atoms with Crippen molar-refractivity contribution in [3.63, 3.8) is 0 Å². The minimum Gasteiger partial charge on any atom is -0.353 e. The molecule has 0 amide bonds. The molecule has 1 fully saturated rings. The number of alkyl halides is 2. The monoisotopic (exact) mass is 760 g/mol. The van der Waals surface area contributed by atoms with Crippen molar-refractivity contribution < 1.29 is 21.6 Å². The number of aromatic amines is 2. The zero-order valence-corrected chi connectivity index (χ0v) is 28.1. The summed E-state index contributed by atoms with van der Waals surface area (Å²) >= 11 is -0.449. The maximum Gasteiger partial charge on any atom is 0.261 e. The van der Waals surface area contributed by atoms with Crippen LogP contribution in [0.25, 0.3) is 50.0 Å². The summed E-state index contributed by atoms with van der Waals surface area (Å²) in [6, 6.07) is 14.2. The van der Waals surface area contributed by atoms with Gasteiger partial charge in [0.1, 0.15) is 11.5 Å². The van der Waals surface area contributed by atoms with Crippen LogP contribution in [0.4, 0.5) is 13.2 Å². The Balaban J connectivity index is 1.34. The summed E-state index contributed by atoms with van der Waals surface area (Å²) in [5.41, 5.74) is 7.54. The number of allylic oxidation sites excluding steroid dienone is 2. The number of halogens is 4. The first-order valence-electron chi connectivity index (χ1n) is 14.4. The van der Waals surface area contributed by atoms with Crippen molar-refractivity contribution in [3.8, 4) is 22.6 Å². The van der Waals surface area contributed by atoms with Crippen LogP contribution in [0.15, 0.2) is 70.5 Å². The highest BCUT2D eigenvalue weighted by atomic mass is 127. The quantitative estimate of drug-likeness (QED) is 0.105. The molecule has 0 spiro atoms. The number of benzene rings is 2. The number of pyridine rings is 1. The van der Waals surface area contributed by atoms with E-state index >= 15 is 0 Å². The fraction of sp³-hybridized carbons (Fsp3) is 0.242. The fourth-order valence-electron chi connectivity index (χ4n) is 5.78. The first kappa shape index (κ1) is 32.3. The molecule has 13 heteroatoms. The van der Waals surface area contributed by atoms with Gasteiger partial charge in [-0.15, -0.1) is 20.7 Å². The molecule has 46 heavy (non-hydrogen) atoms. The van der Waals surface area contributed by atoms with Gasteiger partial charge in [0, 0.05) is 54.1 Å². The van der Waals surface area contributed by atoms with Gasteiger partial charge in [-0.1, -0.05) is 22.2 Å². The lowest BCUT2D eigenvalue weighted by Gasteiger charge is -2.16. The number of aromatic nitrogens is 4. The molecule has 1 aliphatic rings. The lowest BCUT2D eigenvalue weighted by molar-refractivity contribution is 0.0131. The number of nitrogens with zero attached hydrogens (tertiary/aromatic N) is 3. The number of hydrogen-bond donors (Lipinski definition) is 3. The standard InChI is InChI=1S/C33H32F3IN6O2S/c1-20(18-43-9-7-33(35,36)19-43)10-24(16-37-2)22-4-5-29-26(14-22)32(42-41-29)30-15-27-28(40-30)6-8-38-31(27)23-11-21(12-25(34)13-23)17-39-46(3,44)45/h4-6,8,10-16,39-40H,2,7,9,17-19H2,1,3H3,(H,41,42)/b20-10+,24-16+. The van der Waals surface area contributed by atoms with Crippen molar-refractivity contribution in [1.29, 1.82) is 0 Å². The van der Waals surface area contributed by atoms with E-state index in [2.05, 4.69) is 45.6 Å². The van der Waals surface area contributed by atoms with Gasteiger partial charge in [-0.25, -0.2) is 26.3 Å². The molecule has 0 unspecified atom stereocenters. The zero-order chi connectivity index (χ0) is 32.6. The van der Waals surface area contributed by atoms with Crippen LogP contribution in [0.5, 0.6) is 0 Å². The van der Waals surface area contributed by atoms with E-state index in [-0.39, 0.29) is 19.5 Å². The van der Waals surface area contributed by atoms with E-state index in [1.807, 2.05) is 31.2 Å². The normalized spacial score (nSPS) is 16.2. The number of H-pyrrole nitrogens is 2. The summed E-state index contributed by atoms with van der Waals surface area (Å²) in [6.45, 7) is 2.56. The Morgan fingerprint density at radius 3 is 2.67 bits per heavy atom. The number of hydrogen-bond acceptors (Lipinski definition) is 5. The van der Waals surface area contributed by atoms with Gasteiger partial charge in [0.15, 0.2) is 0 Å². The Kier molecular flexibility index (Phi) is 9.02. The summed E-state index contributed by atoms with van der Waals surface area (Å²) in [6.07, 6.45) is 4.64. The van der Waals surface area contributed by atoms with Gasteiger partial charge >= 0.3 is 0 Å². The van der Waals surface area contributed by atoms with Gasteiger partial charge in [-0.3, -0.25) is 15.0 Å². The molecule has 0 atom stereocenters. The van der Waals surface area contributed by atoms with Gasteiger partial charge < -0.3 is 4.98 Å². The maximum atomic E-state index is 14.6. The molecule has 5 aromatic rings. The second kappa shape index (κ2) is 12.9. The predicted molar refractivity (Wildman–Crippen MR) is 187 cm³/mol. The van der Waals surface area contributed by atoms with Crippen LogP contribution in [0.2, 0.25) is 0 Å². The summed E-state index contributed by atoms with van der Waals surface area (Å²) in [5, 5.41) is 9.35. The Morgan fingerprint density at radius 2 is 1.93 bits per heavy atom. The summed E-state index contributed by atoms with van der Waals surface area (Å²) in [5.74, 6) is -3.13. The lowest BCUT2D eigenvalue weighted by Crippen LogP contribution is -2.26. The molecule has 3 N–H and O–H groups in total. The van der Waals surface area contributed by atoms with Crippen molar-refractivity contribution in [2.24, 2.45) is 0 Å². The van der Waals surface area contributed by atoms with Crippen LogP contribution < -0.4 is 4.72 Å². The van der Waals surface area contributed by atoms with Crippen molar-refractivity contribution in [3.05, 3.63) is 87.4 Å². The smallest absolute Gasteiger partial charge is 0.261 e. The molecule has 0 aliphatic carbocycles. The van der Waals surface area contributed by atoms with E-state index in [1.54, 1.807) is 17.2 Å². The van der Waals surface area contributed by atoms with Crippen LogP contribution in [-0.4, -0.2) is 69.8 Å². The third-order valence-corrected chi connectivity index (χ3v) is 9.57. The SMILES string of the molecule is C=I/C=C(\C=C(/C)CN1CCC(F)(F)C1)c1ccc2[nH]nc(-c3cc4c(-c5cc(F)cc(CNS(C)(=O)=O)c5)nccc4[nH]3)c2c1. The third kappa shape index (κ3) is 7.32. The first-order valence-corrected chi connectivity index (χ1v) is 19.1. The third-order valence-electron chi connectivity index (χ3n) is 7.79. The van der Waals surface area contributed by atoms with Crippen LogP contribution in [-0.2, 0) is 16.6 Å². The van der Waals surface area contributed by atoms with Crippen molar-refractivity contribution in [2.45, 2.75) is 25.8 Å². The Hall–Kier alpha value is -3.66. The lowest BCUT2D eigenvalue weighted by atomic mass is 10.0. The molecule has 240 valence electrons.